The van der Waals surface area contributed by atoms with Crippen LogP contribution in [0.3, 0.4) is 0 Å². The fourth-order valence-electron chi connectivity index (χ4n) is 5.65. The molecule has 1 saturated heterocycles. The van der Waals surface area contributed by atoms with E-state index in [1.165, 1.54) is 0 Å². The smallest absolute Gasteiger partial charge is 0.448 e. The predicted octanol–water partition coefficient (Wildman–Crippen LogP) is 11.0. The van der Waals surface area contributed by atoms with Crippen molar-refractivity contribution in [2.75, 3.05) is 50.3 Å². The zero-order valence-corrected chi connectivity index (χ0v) is 39.2. The summed E-state index contributed by atoms with van der Waals surface area (Å²) in [5.41, 5.74) is -9.85. The highest BCUT2D eigenvalue weighted by atomic mass is 19.4. The van der Waals surface area contributed by atoms with E-state index in [4.69, 9.17) is 33.5 Å². The average Bonchev–Trinajstić information content (AvgIpc) is 3.35. The number of ether oxygens (including phenoxy) is 6. The molecule has 2 amide bonds. The Morgan fingerprint density at radius 1 is 0.658 bits per heavy atom. The Balaban J connectivity index is 0.000000293. The van der Waals surface area contributed by atoms with E-state index in [1.807, 2.05) is 49.4 Å². The lowest BCUT2D eigenvalue weighted by atomic mass is 9.87. The first-order chi connectivity index (χ1) is 33.9. The molecular formula is C49H51F9N2O13. The number of cyclic esters (lactones) is 2. The highest BCUT2D eigenvalue weighted by molar-refractivity contribution is 5.85. The number of benzene rings is 4. The Bertz CT molecular complexity index is 2440. The third kappa shape index (κ3) is 17.7. The maximum atomic E-state index is 12.7. The summed E-state index contributed by atoms with van der Waals surface area (Å²) in [6.45, 7) is 10.8. The SMILES string of the molecule is C=Cc1ccc(NC(=O)OCC(C)(CO)COC(=O)OCc2ccccc2)cc1.C=Cc1ccc(NC(=O)OCC2(C)COC(=O)OC2)cc1.CC(O)(c1cccc(C(O)(C(F)(F)F)C(F)(F)F)c1)C(F)(F)F. The quantitative estimate of drug-likeness (QED) is 0.0427. The summed E-state index contributed by atoms with van der Waals surface area (Å²) in [4.78, 5) is 46.2. The maximum Gasteiger partial charge on any atom is 0.508 e. The standard InChI is InChI=1S/C22H25NO6.C15H17NO5.C12H9F9O2/c1-3-17-9-11-19(12-10-17)23-20(25)28-15-22(2,14-24)16-29-21(26)27-13-18-7-5-4-6-8-18;1-3-11-4-6-12(7-5-11)16-13(17)19-8-15(2)9-20-14(18)21-10-15;1-8(22,10(13,14)15)6-3-2-4-7(5-6)9(23,11(16,17)18)12(19,20)21/h3-12,24H,1,13-16H2,2H3,(H,23,25);3-7H,1,8-10H2,2H3,(H,16,17);2-5,22-23H,1H3. The number of rotatable bonds is 15. The molecule has 5 N–H and O–H groups in total. The number of hydrogen-bond acceptors (Lipinski definition) is 13. The second-order valence-corrected chi connectivity index (χ2v) is 16.8. The number of amides is 2. The molecule has 0 spiro atoms. The van der Waals surface area contributed by atoms with Crippen LogP contribution < -0.4 is 10.6 Å². The van der Waals surface area contributed by atoms with Gasteiger partial charge in [-0.1, -0.05) is 105 Å². The van der Waals surface area contributed by atoms with Gasteiger partial charge in [-0.3, -0.25) is 10.6 Å². The maximum absolute atomic E-state index is 12.7. The van der Waals surface area contributed by atoms with Gasteiger partial charge in [-0.15, -0.1) is 0 Å². The van der Waals surface area contributed by atoms with Crippen molar-refractivity contribution in [3.63, 3.8) is 0 Å². The Morgan fingerprint density at radius 3 is 1.58 bits per heavy atom. The fraction of sp³-hybridized carbons (Fsp3) is 0.347. The molecule has 1 heterocycles. The van der Waals surface area contributed by atoms with E-state index in [0.29, 0.717) is 23.5 Å². The van der Waals surface area contributed by atoms with Crippen LogP contribution in [0.25, 0.3) is 12.2 Å². The first-order valence-corrected chi connectivity index (χ1v) is 21.2. The summed E-state index contributed by atoms with van der Waals surface area (Å²) in [6.07, 6.45) is -17.2. The van der Waals surface area contributed by atoms with E-state index in [2.05, 4.69) is 23.8 Å². The number of halogens is 9. The van der Waals surface area contributed by atoms with Gasteiger partial charge in [0.05, 0.1) is 17.4 Å². The summed E-state index contributed by atoms with van der Waals surface area (Å²) < 4.78 is 144. The monoisotopic (exact) mass is 1050 g/mol. The van der Waals surface area contributed by atoms with Crippen LogP contribution in [0.1, 0.15) is 48.6 Å². The largest absolute Gasteiger partial charge is 0.508 e. The molecule has 0 aliphatic carbocycles. The molecule has 15 nitrogen and oxygen atoms in total. The molecular weight excluding hydrogens is 996 g/mol. The Morgan fingerprint density at radius 2 is 1.12 bits per heavy atom. The molecule has 24 heteroatoms. The molecule has 2 atom stereocenters. The summed E-state index contributed by atoms with van der Waals surface area (Å²) in [7, 11) is 0. The van der Waals surface area contributed by atoms with Crippen molar-refractivity contribution in [1.29, 1.82) is 0 Å². The van der Waals surface area contributed by atoms with Crippen molar-refractivity contribution in [2.45, 2.75) is 57.1 Å². The summed E-state index contributed by atoms with van der Waals surface area (Å²) in [5, 5.41) is 33.3. The number of nitrogens with one attached hydrogen (secondary N) is 2. The van der Waals surface area contributed by atoms with E-state index in [-0.39, 0.29) is 65.3 Å². The van der Waals surface area contributed by atoms with Gasteiger partial charge in [-0.2, -0.15) is 39.5 Å². The molecule has 2 unspecified atom stereocenters. The molecule has 0 saturated carbocycles. The molecule has 0 aromatic heterocycles. The lowest BCUT2D eigenvalue weighted by Crippen LogP contribution is -2.54. The lowest BCUT2D eigenvalue weighted by Gasteiger charge is -2.34. The van der Waals surface area contributed by atoms with Gasteiger partial charge in [0.1, 0.15) is 39.6 Å². The van der Waals surface area contributed by atoms with Crippen molar-refractivity contribution >= 4 is 48.0 Å². The second kappa shape index (κ2) is 25.4. The van der Waals surface area contributed by atoms with Crippen molar-refractivity contribution in [3.8, 4) is 0 Å². The molecule has 1 aliphatic rings. The van der Waals surface area contributed by atoms with Crippen LogP contribution in [0, 0.1) is 10.8 Å². The van der Waals surface area contributed by atoms with Crippen LogP contribution in [-0.4, -0.2) is 98.0 Å². The van der Waals surface area contributed by atoms with Crippen LogP contribution in [0.5, 0.6) is 0 Å². The fourth-order valence-corrected chi connectivity index (χ4v) is 5.65. The molecule has 4 aromatic rings. The lowest BCUT2D eigenvalue weighted by molar-refractivity contribution is -0.376. The highest BCUT2D eigenvalue weighted by Gasteiger charge is 2.71. The molecule has 4 aromatic carbocycles. The number of aliphatic hydroxyl groups is 3. The Hall–Kier alpha value is -7.31. The van der Waals surface area contributed by atoms with Gasteiger partial charge in [0, 0.05) is 16.9 Å². The van der Waals surface area contributed by atoms with Crippen molar-refractivity contribution < 1.29 is 102 Å². The highest BCUT2D eigenvalue weighted by Crippen LogP contribution is 2.51. The number of hydrogen-bond donors (Lipinski definition) is 5. The van der Waals surface area contributed by atoms with E-state index >= 15 is 0 Å². The number of anilines is 2. The van der Waals surface area contributed by atoms with E-state index in [0.717, 1.165) is 16.7 Å². The number of aliphatic hydroxyl groups excluding tert-OH is 1. The van der Waals surface area contributed by atoms with Crippen molar-refractivity contribution in [2.24, 2.45) is 10.8 Å². The average molecular weight is 1050 g/mol. The molecule has 0 radical (unpaired) electrons. The Kier molecular flexibility index (Phi) is 20.9. The minimum absolute atomic E-state index is 0.0824. The van der Waals surface area contributed by atoms with Gasteiger partial charge in [0.2, 0.25) is 0 Å². The van der Waals surface area contributed by atoms with Crippen molar-refractivity contribution in [3.05, 3.63) is 144 Å². The molecule has 73 heavy (non-hydrogen) atoms. The van der Waals surface area contributed by atoms with Crippen LogP contribution in [0.4, 0.5) is 70.1 Å². The van der Waals surface area contributed by atoms with Crippen LogP contribution in [0.2, 0.25) is 0 Å². The van der Waals surface area contributed by atoms with Gasteiger partial charge in [0.25, 0.3) is 5.60 Å². The molecule has 398 valence electrons. The minimum Gasteiger partial charge on any atom is -0.448 e. The molecule has 1 aliphatic heterocycles. The van der Waals surface area contributed by atoms with Gasteiger partial charge >= 0.3 is 43.0 Å². The third-order valence-corrected chi connectivity index (χ3v) is 10.3. The second-order valence-electron chi connectivity index (χ2n) is 16.8. The molecule has 1 fully saturated rings. The van der Waals surface area contributed by atoms with E-state index < -0.39 is 76.2 Å². The van der Waals surface area contributed by atoms with Gasteiger partial charge in [0.15, 0.2) is 5.60 Å². The minimum atomic E-state index is -6.24. The van der Waals surface area contributed by atoms with Crippen LogP contribution in [0.15, 0.2) is 116 Å². The Labute approximate surface area is 412 Å². The van der Waals surface area contributed by atoms with Crippen LogP contribution in [-0.2, 0) is 46.2 Å². The zero-order chi connectivity index (χ0) is 54.9. The van der Waals surface area contributed by atoms with Gasteiger partial charge < -0.3 is 43.7 Å². The summed E-state index contributed by atoms with van der Waals surface area (Å²) >= 11 is 0. The molecule has 0 bridgehead atoms. The molecule has 5 rings (SSSR count). The number of alkyl halides is 9. The predicted molar refractivity (Wildman–Crippen MR) is 244 cm³/mol. The van der Waals surface area contributed by atoms with E-state index in [9.17, 15) is 68.9 Å². The van der Waals surface area contributed by atoms with Gasteiger partial charge in [-0.05, 0) is 66.4 Å². The van der Waals surface area contributed by atoms with Gasteiger partial charge in [-0.25, -0.2) is 19.2 Å². The topological polar surface area (TPSA) is 208 Å². The third-order valence-electron chi connectivity index (χ3n) is 10.3. The first kappa shape index (κ1) is 60.0. The van der Waals surface area contributed by atoms with E-state index in [1.54, 1.807) is 55.5 Å². The normalized spacial score (nSPS) is 15.0. The number of carbonyl (C=O) groups is 4. The summed E-state index contributed by atoms with van der Waals surface area (Å²) in [6, 6.07) is 24.3. The first-order valence-electron chi connectivity index (χ1n) is 21.2. The zero-order valence-electron chi connectivity index (χ0n) is 39.2. The summed E-state index contributed by atoms with van der Waals surface area (Å²) in [5.74, 6) is 0. The van der Waals surface area contributed by atoms with Crippen molar-refractivity contribution in [1.82, 2.24) is 0 Å². The van der Waals surface area contributed by atoms with Crippen LogP contribution >= 0.6 is 0 Å². The number of carbonyl (C=O) groups excluding carboxylic acids is 4.